The molecule has 1 saturated carbocycles. The number of rotatable bonds is 3. The van der Waals surface area contributed by atoms with Gasteiger partial charge in [-0.15, -0.1) is 0 Å². The van der Waals surface area contributed by atoms with Crippen molar-refractivity contribution in [1.82, 2.24) is 4.90 Å². The number of alkyl halides is 3. The Hall–Kier alpha value is -1.56. The Kier molecular flexibility index (Phi) is 3.43. The Morgan fingerprint density at radius 1 is 1.33 bits per heavy atom. The van der Waals surface area contributed by atoms with Crippen LogP contribution in [0.3, 0.4) is 0 Å². The van der Waals surface area contributed by atoms with E-state index in [1.807, 2.05) is 4.90 Å². The zero-order valence-electron chi connectivity index (χ0n) is 11.6. The summed E-state index contributed by atoms with van der Waals surface area (Å²) in [4.78, 5) is 13.8. The monoisotopic (exact) mass is 299 g/mol. The average Bonchev–Trinajstić information content (AvgIpc) is 3.09. The molecule has 0 amide bonds. The molecule has 1 aromatic carbocycles. The van der Waals surface area contributed by atoms with Crippen molar-refractivity contribution < 1.29 is 22.7 Å². The van der Waals surface area contributed by atoms with Crippen LogP contribution in [-0.2, 0) is 22.3 Å². The largest absolute Gasteiger partial charge is 0.468 e. The normalized spacial score (nSPS) is 28.3. The lowest BCUT2D eigenvalue weighted by Gasteiger charge is -2.25. The van der Waals surface area contributed by atoms with E-state index < -0.39 is 11.7 Å². The Balaban J connectivity index is 1.70. The minimum atomic E-state index is -4.32. The van der Waals surface area contributed by atoms with Gasteiger partial charge in [-0.05, 0) is 36.0 Å². The fraction of sp³-hybridized carbons (Fsp3) is 0.533. The number of carbonyl (C=O) groups excluding carboxylic acids is 1. The minimum absolute atomic E-state index is 0.244. The van der Waals surface area contributed by atoms with E-state index in [0.717, 1.165) is 30.7 Å². The number of ether oxygens (including phenoxy) is 1. The van der Waals surface area contributed by atoms with Crippen LogP contribution in [0, 0.1) is 11.8 Å². The van der Waals surface area contributed by atoms with Crippen molar-refractivity contribution in [3.05, 3.63) is 35.4 Å². The number of piperidine rings is 1. The molecule has 3 atom stereocenters. The number of halogens is 3. The summed E-state index contributed by atoms with van der Waals surface area (Å²) in [5.74, 6) is 0.641. The highest BCUT2D eigenvalue weighted by Gasteiger charge is 2.55. The van der Waals surface area contributed by atoms with E-state index >= 15 is 0 Å². The minimum Gasteiger partial charge on any atom is -0.468 e. The van der Waals surface area contributed by atoms with Gasteiger partial charge in [0.05, 0.1) is 12.7 Å². The summed E-state index contributed by atoms with van der Waals surface area (Å²) in [7, 11) is 1.37. The van der Waals surface area contributed by atoms with Crippen molar-refractivity contribution in [3.8, 4) is 0 Å². The summed E-state index contributed by atoms with van der Waals surface area (Å²) in [6.07, 6.45) is -3.27. The van der Waals surface area contributed by atoms with Crippen molar-refractivity contribution in [1.29, 1.82) is 0 Å². The molecule has 1 aliphatic carbocycles. The summed E-state index contributed by atoms with van der Waals surface area (Å²) < 4.78 is 42.4. The van der Waals surface area contributed by atoms with Crippen LogP contribution in [0.2, 0.25) is 0 Å². The second-order valence-corrected chi connectivity index (χ2v) is 5.75. The standard InChI is InChI=1S/C15H16F3NO2/c1-21-14(20)13-12-6-10(12)8-19(13)7-9-2-4-11(5-3-9)15(16,17)18/h2-5,10,12-13H,6-8H2,1H3. The third-order valence-corrected chi connectivity index (χ3v) is 4.35. The predicted octanol–water partition coefficient (Wildman–Crippen LogP) is 2.70. The fourth-order valence-corrected chi connectivity index (χ4v) is 3.19. The van der Waals surface area contributed by atoms with Crippen LogP contribution in [0.4, 0.5) is 13.2 Å². The second kappa shape index (κ2) is 5.02. The Bertz CT molecular complexity index is 541. The van der Waals surface area contributed by atoms with Gasteiger partial charge < -0.3 is 4.74 Å². The maximum atomic E-state index is 12.5. The molecule has 3 rings (SSSR count). The molecule has 2 fully saturated rings. The average molecular weight is 299 g/mol. The van der Waals surface area contributed by atoms with Gasteiger partial charge in [-0.1, -0.05) is 12.1 Å². The predicted molar refractivity (Wildman–Crippen MR) is 69.3 cm³/mol. The quantitative estimate of drug-likeness (QED) is 0.804. The molecule has 0 bridgehead atoms. The van der Waals surface area contributed by atoms with Gasteiger partial charge in [0.25, 0.3) is 0 Å². The molecule has 1 saturated heterocycles. The van der Waals surface area contributed by atoms with Crippen molar-refractivity contribution in [2.75, 3.05) is 13.7 Å². The first-order valence-corrected chi connectivity index (χ1v) is 6.88. The van der Waals surface area contributed by atoms with Crippen LogP contribution in [0.1, 0.15) is 17.5 Å². The third-order valence-electron chi connectivity index (χ3n) is 4.35. The van der Waals surface area contributed by atoms with Crippen LogP contribution in [0.5, 0.6) is 0 Å². The van der Waals surface area contributed by atoms with E-state index in [4.69, 9.17) is 4.74 Å². The first-order valence-electron chi connectivity index (χ1n) is 6.88. The first kappa shape index (κ1) is 14.4. The number of hydrogen-bond acceptors (Lipinski definition) is 3. The molecule has 1 aromatic rings. The second-order valence-electron chi connectivity index (χ2n) is 5.75. The van der Waals surface area contributed by atoms with Gasteiger partial charge in [-0.2, -0.15) is 13.2 Å². The van der Waals surface area contributed by atoms with Crippen LogP contribution in [0.25, 0.3) is 0 Å². The van der Waals surface area contributed by atoms with Crippen LogP contribution in [-0.4, -0.2) is 30.6 Å². The molecule has 0 aromatic heterocycles. The Labute approximate surface area is 120 Å². The summed E-state index contributed by atoms with van der Waals surface area (Å²) in [5.41, 5.74) is 0.123. The van der Waals surface area contributed by atoms with Gasteiger partial charge in [-0.25, -0.2) is 0 Å². The highest BCUT2D eigenvalue weighted by Crippen LogP contribution is 2.50. The molecule has 6 heteroatoms. The van der Waals surface area contributed by atoms with E-state index in [1.54, 1.807) is 0 Å². The lowest BCUT2D eigenvalue weighted by Crippen LogP contribution is -2.39. The first-order chi connectivity index (χ1) is 9.90. The topological polar surface area (TPSA) is 29.5 Å². The summed E-state index contributed by atoms with van der Waals surface area (Å²) in [6, 6.07) is 4.86. The number of methoxy groups -OCH3 is 1. The van der Waals surface area contributed by atoms with Gasteiger partial charge in [0.1, 0.15) is 6.04 Å². The number of benzene rings is 1. The molecule has 3 unspecified atom stereocenters. The number of carbonyl (C=O) groups is 1. The molecule has 0 spiro atoms. The lowest BCUT2D eigenvalue weighted by atomic mass is 10.1. The van der Waals surface area contributed by atoms with E-state index in [1.165, 1.54) is 19.2 Å². The molecule has 3 nitrogen and oxygen atoms in total. The van der Waals surface area contributed by atoms with Crippen LogP contribution in [0.15, 0.2) is 24.3 Å². The molecular formula is C15H16F3NO2. The van der Waals surface area contributed by atoms with Gasteiger partial charge in [0, 0.05) is 13.1 Å². The van der Waals surface area contributed by atoms with Crippen molar-refractivity contribution >= 4 is 5.97 Å². The molecule has 2 aliphatic rings. The van der Waals surface area contributed by atoms with Crippen LogP contribution < -0.4 is 0 Å². The number of hydrogen-bond donors (Lipinski definition) is 0. The Morgan fingerprint density at radius 2 is 2.00 bits per heavy atom. The van der Waals surface area contributed by atoms with Crippen molar-refractivity contribution in [2.45, 2.75) is 25.2 Å². The summed E-state index contributed by atoms with van der Waals surface area (Å²) in [5, 5.41) is 0. The van der Waals surface area contributed by atoms with Crippen LogP contribution >= 0.6 is 0 Å². The van der Waals surface area contributed by atoms with E-state index in [-0.39, 0.29) is 12.0 Å². The van der Waals surface area contributed by atoms with Crippen molar-refractivity contribution in [3.63, 3.8) is 0 Å². The van der Waals surface area contributed by atoms with E-state index in [9.17, 15) is 18.0 Å². The zero-order chi connectivity index (χ0) is 15.2. The molecule has 1 heterocycles. The van der Waals surface area contributed by atoms with Gasteiger partial charge in [0.2, 0.25) is 0 Å². The number of likely N-dealkylation sites (tertiary alicyclic amines) is 1. The third kappa shape index (κ3) is 2.77. The number of nitrogens with zero attached hydrogens (tertiary/aromatic N) is 1. The number of esters is 1. The van der Waals surface area contributed by atoms with Gasteiger partial charge in [0.15, 0.2) is 0 Å². The van der Waals surface area contributed by atoms with Crippen molar-refractivity contribution in [2.24, 2.45) is 11.8 Å². The molecule has 0 radical (unpaired) electrons. The molecular weight excluding hydrogens is 283 g/mol. The lowest BCUT2D eigenvalue weighted by molar-refractivity contribution is -0.147. The summed E-state index contributed by atoms with van der Waals surface area (Å²) in [6.45, 7) is 1.29. The van der Waals surface area contributed by atoms with Gasteiger partial charge >= 0.3 is 12.1 Å². The smallest absolute Gasteiger partial charge is 0.416 e. The highest BCUT2D eigenvalue weighted by molar-refractivity contribution is 5.77. The molecule has 1 aliphatic heterocycles. The van der Waals surface area contributed by atoms with E-state index in [0.29, 0.717) is 18.4 Å². The summed E-state index contributed by atoms with van der Waals surface area (Å²) >= 11 is 0. The molecule has 114 valence electrons. The Morgan fingerprint density at radius 3 is 2.57 bits per heavy atom. The molecule has 0 N–H and O–H groups in total. The fourth-order valence-electron chi connectivity index (χ4n) is 3.19. The molecule has 21 heavy (non-hydrogen) atoms. The highest BCUT2D eigenvalue weighted by atomic mass is 19.4. The number of fused-ring (bicyclic) bond motifs is 1. The maximum Gasteiger partial charge on any atom is 0.416 e. The zero-order valence-corrected chi connectivity index (χ0v) is 11.6. The van der Waals surface area contributed by atoms with E-state index in [2.05, 4.69) is 0 Å². The maximum absolute atomic E-state index is 12.5. The van der Waals surface area contributed by atoms with Gasteiger partial charge in [-0.3, -0.25) is 9.69 Å². The SMILES string of the molecule is COC(=O)C1C2CC2CN1Cc1ccc(C(F)(F)F)cc1.